The maximum atomic E-state index is 12.3. The maximum absolute atomic E-state index is 12.3. The Balaban J connectivity index is 0.00000220. The van der Waals surface area contributed by atoms with Gasteiger partial charge in [0.25, 0.3) is 0 Å². The van der Waals surface area contributed by atoms with Crippen molar-refractivity contribution in [1.29, 1.82) is 0 Å². The fourth-order valence-corrected chi connectivity index (χ4v) is 3.08. The van der Waals surface area contributed by atoms with E-state index in [0.717, 1.165) is 51.7 Å². The van der Waals surface area contributed by atoms with Gasteiger partial charge < -0.3 is 15.5 Å². The second-order valence-electron chi connectivity index (χ2n) is 5.98. The molecule has 0 spiro atoms. The number of carbonyl (C=O) groups is 2. The highest BCUT2D eigenvalue weighted by molar-refractivity contribution is 5.85. The molecular weight excluding hydrogens is 290 g/mol. The molecule has 0 aromatic heterocycles. The summed E-state index contributed by atoms with van der Waals surface area (Å²) in [6, 6.07) is 0.262. The molecule has 21 heavy (non-hydrogen) atoms. The fourth-order valence-electron chi connectivity index (χ4n) is 3.08. The highest BCUT2D eigenvalue weighted by Crippen LogP contribution is 2.18. The number of piperidine rings is 2. The van der Waals surface area contributed by atoms with Crippen LogP contribution >= 0.6 is 12.4 Å². The van der Waals surface area contributed by atoms with Crippen LogP contribution < -0.4 is 10.6 Å². The van der Waals surface area contributed by atoms with E-state index in [1.165, 1.54) is 0 Å². The van der Waals surface area contributed by atoms with Gasteiger partial charge in [-0.1, -0.05) is 6.92 Å². The van der Waals surface area contributed by atoms with Crippen LogP contribution in [0.3, 0.4) is 0 Å². The molecule has 0 aromatic carbocycles. The minimum absolute atomic E-state index is 0. The molecule has 2 amide bonds. The molecule has 122 valence electrons. The Hall–Kier alpha value is -0.810. The molecule has 0 aliphatic carbocycles. The lowest BCUT2D eigenvalue weighted by Crippen LogP contribution is -2.51. The Morgan fingerprint density at radius 2 is 2.10 bits per heavy atom. The molecule has 1 unspecified atom stereocenters. The van der Waals surface area contributed by atoms with Crippen molar-refractivity contribution >= 4 is 24.2 Å². The number of hydrogen-bond donors (Lipinski definition) is 2. The summed E-state index contributed by atoms with van der Waals surface area (Å²) >= 11 is 0. The number of likely N-dealkylation sites (tertiary alicyclic amines) is 1. The summed E-state index contributed by atoms with van der Waals surface area (Å²) in [5.74, 6) is 0.309. The molecule has 2 saturated heterocycles. The fraction of sp³-hybridized carbons (Fsp3) is 0.867. The predicted octanol–water partition coefficient (Wildman–Crippen LogP) is 1.32. The first kappa shape index (κ1) is 18.2. The van der Waals surface area contributed by atoms with Gasteiger partial charge in [-0.15, -0.1) is 12.4 Å². The van der Waals surface area contributed by atoms with Crippen LogP contribution in [0.2, 0.25) is 0 Å². The van der Waals surface area contributed by atoms with Crippen molar-refractivity contribution in [2.24, 2.45) is 5.92 Å². The average molecular weight is 318 g/mol. The lowest BCUT2D eigenvalue weighted by atomic mass is 9.96. The van der Waals surface area contributed by atoms with E-state index in [9.17, 15) is 9.59 Å². The van der Waals surface area contributed by atoms with Crippen LogP contribution in [0.25, 0.3) is 0 Å². The maximum Gasteiger partial charge on any atom is 0.225 e. The standard InChI is InChI=1S/C15H27N3O2.ClH/c1-2-5-14(19)18-9-4-6-12(11-18)15(20)17-13-7-3-8-16-10-13;/h12-13,16H,2-11H2,1H3,(H,17,20);1H/t12?,13-;/m0./s1. The van der Waals surface area contributed by atoms with Gasteiger partial charge in [-0.25, -0.2) is 0 Å². The van der Waals surface area contributed by atoms with Crippen molar-refractivity contribution in [1.82, 2.24) is 15.5 Å². The van der Waals surface area contributed by atoms with Crippen molar-refractivity contribution in [3.8, 4) is 0 Å². The van der Waals surface area contributed by atoms with Crippen LogP contribution in [0.4, 0.5) is 0 Å². The lowest BCUT2D eigenvalue weighted by molar-refractivity contribution is -0.136. The van der Waals surface area contributed by atoms with Gasteiger partial charge in [0.2, 0.25) is 11.8 Å². The molecule has 2 atom stereocenters. The van der Waals surface area contributed by atoms with Gasteiger partial charge in [0.1, 0.15) is 0 Å². The van der Waals surface area contributed by atoms with Crippen LogP contribution in [0.15, 0.2) is 0 Å². The Labute approximate surface area is 133 Å². The molecule has 0 saturated carbocycles. The van der Waals surface area contributed by atoms with Gasteiger partial charge in [0.15, 0.2) is 0 Å². The Bertz CT molecular complexity index is 346. The van der Waals surface area contributed by atoms with Crippen LogP contribution in [0, 0.1) is 5.92 Å². The third-order valence-corrected chi connectivity index (χ3v) is 4.25. The normalized spacial score (nSPS) is 25.9. The first-order valence-corrected chi connectivity index (χ1v) is 7.99. The van der Waals surface area contributed by atoms with Crippen molar-refractivity contribution in [3.05, 3.63) is 0 Å². The second-order valence-corrected chi connectivity index (χ2v) is 5.98. The molecule has 2 aliphatic heterocycles. The van der Waals surface area contributed by atoms with Crippen LogP contribution in [0.1, 0.15) is 45.4 Å². The lowest BCUT2D eigenvalue weighted by Gasteiger charge is -2.33. The zero-order chi connectivity index (χ0) is 14.4. The molecule has 2 rings (SSSR count). The number of nitrogens with one attached hydrogen (secondary N) is 2. The Morgan fingerprint density at radius 1 is 1.29 bits per heavy atom. The molecule has 5 nitrogen and oxygen atoms in total. The Kier molecular flexibility index (Phi) is 8.04. The third-order valence-electron chi connectivity index (χ3n) is 4.25. The van der Waals surface area contributed by atoms with Gasteiger partial charge >= 0.3 is 0 Å². The quantitative estimate of drug-likeness (QED) is 0.822. The average Bonchev–Trinajstić information content (AvgIpc) is 2.48. The van der Waals surface area contributed by atoms with Crippen molar-refractivity contribution in [2.75, 3.05) is 26.2 Å². The summed E-state index contributed by atoms with van der Waals surface area (Å²) in [6.45, 7) is 5.35. The van der Waals surface area contributed by atoms with E-state index in [4.69, 9.17) is 0 Å². The summed E-state index contributed by atoms with van der Waals surface area (Å²) in [4.78, 5) is 26.1. The van der Waals surface area contributed by atoms with Crippen LogP contribution in [0.5, 0.6) is 0 Å². The van der Waals surface area contributed by atoms with E-state index in [2.05, 4.69) is 10.6 Å². The van der Waals surface area contributed by atoms with E-state index in [0.29, 0.717) is 13.0 Å². The number of nitrogens with zero attached hydrogens (tertiary/aromatic N) is 1. The number of rotatable bonds is 4. The molecule has 2 aliphatic rings. The predicted molar refractivity (Wildman–Crippen MR) is 85.5 cm³/mol. The zero-order valence-electron chi connectivity index (χ0n) is 12.9. The molecule has 0 bridgehead atoms. The van der Waals surface area contributed by atoms with Crippen molar-refractivity contribution in [2.45, 2.75) is 51.5 Å². The first-order chi connectivity index (χ1) is 9.70. The number of halogens is 1. The molecule has 0 radical (unpaired) electrons. The van der Waals surface area contributed by atoms with E-state index in [-0.39, 0.29) is 36.2 Å². The summed E-state index contributed by atoms with van der Waals surface area (Å²) in [5, 5.41) is 6.45. The summed E-state index contributed by atoms with van der Waals surface area (Å²) in [5.41, 5.74) is 0. The van der Waals surface area contributed by atoms with E-state index in [1.807, 2.05) is 11.8 Å². The topological polar surface area (TPSA) is 61.4 Å². The summed E-state index contributed by atoms with van der Waals surface area (Å²) in [7, 11) is 0. The van der Waals surface area contributed by atoms with Crippen molar-refractivity contribution in [3.63, 3.8) is 0 Å². The molecule has 2 fully saturated rings. The molecule has 2 heterocycles. The van der Waals surface area contributed by atoms with Gasteiger partial charge in [-0.05, 0) is 38.6 Å². The molecule has 2 N–H and O–H groups in total. The molecular formula is C15H28ClN3O2. The number of hydrogen-bond acceptors (Lipinski definition) is 3. The number of amides is 2. The van der Waals surface area contributed by atoms with Gasteiger partial charge in [-0.2, -0.15) is 0 Å². The minimum atomic E-state index is -0.0218. The largest absolute Gasteiger partial charge is 0.352 e. The van der Waals surface area contributed by atoms with Crippen LogP contribution in [-0.2, 0) is 9.59 Å². The zero-order valence-corrected chi connectivity index (χ0v) is 13.7. The summed E-state index contributed by atoms with van der Waals surface area (Å²) < 4.78 is 0. The van der Waals surface area contributed by atoms with Crippen molar-refractivity contribution < 1.29 is 9.59 Å². The highest BCUT2D eigenvalue weighted by Gasteiger charge is 2.29. The molecule has 6 heteroatoms. The van der Waals surface area contributed by atoms with E-state index in [1.54, 1.807) is 0 Å². The summed E-state index contributed by atoms with van der Waals surface area (Å²) in [6.07, 6.45) is 5.50. The van der Waals surface area contributed by atoms with Gasteiger partial charge in [0, 0.05) is 32.1 Å². The Morgan fingerprint density at radius 3 is 2.76 bits per heavy atom. The number of carbonyl (C=O) groups excluding carboxylic acids is 2. The SMILES string of the molecule is CCCC(=O)N1CCCC(C(=O)N[C@H]2CCCNC2)C1.Cl. The van der Waals surface area contributed by atoms with E-state index < -0.39 is 0 Å². The smallest absolute Gasteiger partial charge is 0.225 e. The minimum Gasteiger partial charge on any atom is -0.352 e. The molecule has 0 aromatic rings. The van der Waals surface area contributed by atoms with Gasteiger partial charge in [-0.3, -0.25) is 9.59 Å². The van der Waals surface area contributed by atoms with E-state index >= 15 is 0 Å². The highest BCUT2D eigenvalue weighted by atomic mass is 35.5. The monoisotopic (exact) mass is 317 g/mol. The second kappa shape index (κ2) is 9.26. The first-order valence-electron chi connectivity index (χ1n) is 7.99. The third kappa shape index (κ3) is 5.47. The van der Waals surface area contributed by atoms with Gasteiger partial charge in [0.05, 0.1) is 5.92 Å². The van der Waals surface area contributed by atoms with Crippen LogP contribution in [-0.4, -0.2) is 48.9 Å².